The highest BCUT2D eigenvalue weighted by molar-refractivity contribution is 5.04. The second-order valence-electron chi connectivity index (χ2n) is 3.72. The SMILES string of the molecule is C[C@@H]1CCC[C@]2(C)O[C@H]12. The molecular weight excluding hydrogens is 112 g/mol. The fourth-order valence-electron chi connectivity index (χ4n) is 2.10. The van der Waals surface area contributed by atoms with Crippen LogP contribution in [0.1, 0.15) is 33.1 Å². The third-order valence-corrected chi connectivity index (χ3v) is 2.79. The van der Waals surface area contributed by atoms with Crippen LogP contribution in [0.2, 0.25) is 0 Å². The van der Waals surface area contributed by atoms with Crippen molar-refractivity contribution in [1.29, 1.82) is 0 Å². The van der Waals surface area contributed by atoms with Gasteiger partial charge in [0.15, 0.2) is 0 Å². The lowest BCUT2D eigenvalue weighted by Gasteiger charge is -2.17. The fraction of sp³-hybridized carbons (Fsp3) is 1.00. The zero-order valence-electron chi connectivity index (χ0n) is 6.18. The number of epoxide rings is 1. The molecule has 3 atom stereocenters. The first kappa shape index (κ1) is 5.72. The van der Waals surface area contributed by atoms with Gasteiger partial charge in [-0.2, -0.15) is 0 Å². The second kappa shape index (κ2) is 1.51. The molecule has 0 aromatic carbocycles. The summed E-state index contributed by atoms with van der Waals surface area (Å²) in [6.07, 6.45) is 4.66. The van der Waals surface area contributed by atoms with E-state index < -0.39 is 0 Å². The van der Waals surface area contributed by atoms with Crippen molar-refractivity contribution in [3.63, 3.8) is 0 Å². The number of hydrogen-bond acceptors (Lipinski definition) is 1. The minimum absolute atomic E-state index is 0.317. The van der Waals surface area contributed by atoms with Crippen LogP contribution in [0.5, 0.6) is 0 Å². The van der Waals surface area contributed by atoms with Crippen LogP contribution in [0.3, 0.4) is 0 Å². The Bertz CT molecular complexity index is 133. The third kappa shape index (κ3) is 0.710. The smallest absolute Gasteiger partial charge is 0.0923 e. The van der Waals surface area contributed by atoms with Gasteiger partial charge in [0.2, 0.25) is 0 Å². The van der Waals surface area contributed by atoms with Crippen molar-refractivity contribution >= 4 is 0 Å². The summed E-state index contributed by atoms with van der Waals surface area (Å²) in [6.45, 7) is 4.54. The minimum Gasteiger partial charge on any atom is -0.366 e. The molecule has 1 heteroatoms. The van der Waals surface area contributed by atoms with Gasteiger partial charge in [-0.25, -0.2) is 0 Å². The Morgan fingerprint density at radius 2 is 2.33 bits per heavy atom. The zero-order chi connectivity index (χ0) is 6.48. The predicted molar refractivity (Wildman–Crippen MR) is 36.3 cm³/mol. The predicted octanol–water partition coefficient (Wildman–Crippen LogP) is 1.96. The van der Waals surface area contributed by atoms with E-state index in [1.54, 1.807) is 0 Å². The standard InChI is InChI=1S/C8H14O/c1-6-4-3-5-8(2)7(6)9-8/h6-7H,3-5H2,1-2H3/t6-,7-,8+/m1/s1. The molecular formula is C8H14O. The average molecular weight is 126 g/mol. The Labute approximate surface area is 56.4 Å². The molecule has 1 saturated carbocycles. The Morgan fingerprint density at radius 1 is 1.56 bits per heavy atom. The summed E-state index contributed by atoms with van der Waals surface area (Å²) >= 11 is 0. The van der Waals surface area contributed by atoms with Crippen LogP contribution < -0.4 is 0 Å². The van der Waals surface area contributed by atoms with E-state index in [4.69, 9.17) is 4.74 Å². The van der Waals surface area contributed by atoms with Gasteiger partial charge in [-0.3, -0.25) is 0 Å². The Morgan fingerprint density at radius 3 is 2.89 bits per heavy atom. The first-order valence-corrected chi connectivity index (χ1v) is 3.90. The molecule has 0 N–H and O–H groups in total. The monoisotopic (exact) mass is 126 g/mol. The lowest BCUT2D eigenvalue weighted by Crippen LogP contribution is -2.20. The summed E-state index contributed by atoms with van der Waals surface area (Å²) in [7, 11) is 0. The lowest BCUT2D eigenvalue weighted by molar-refractivity contribution is 0.300. The van der Waals surface area contributed by atoms with Crippen LogP contribution in [-0.4, -0.2) is 11.7 Å². The summed E-state index contributed by atoms with van der Waals surface area (Å²) in [4.78, 5) is 0. The first-order chi connectivity index (χ1) is 4.22. The number of ether oxygens (including phenoxy) is 1. The molecule has 0 unspecified atom stereocenters. The van der Waals surface area contributed by atoms with Crippen LogP contribution in [-0.2, 0) is 4.74 Å². The lowest BCUT2D eigenvalue weighted by atomic mass is 9.84. The highest BCUT2D eigenvalue weighted by atomic mass is 16.6. The maximum Gasteiger partial charge on any atom is 0.0923 e. The van der Waals surface area contributed by atoms with Crippen molar-refractivity contribution in [3.05, 3.63) is 0 Å². The summed E-state index contributed by atoms with van der Waals surface area (Å²) in [5, 5.41) is 0. The molecule has 0 aromatic heterocycles. The molecule has 52 valence electrons. The third-order valence-electron chi connectivity index (χ3n) is 2.79. The van der Waals surface area contributed by atoms with E-state index in [1.807, 2.05) is 0 Å². The van der Waals surface area contributed by atoms with Crippen molar-refractivity contribution in [2.24, 2.45) is 5.92 Å². The zero-order valence-corrected chi connectivity index (χ0v) is 6.18. The summed E-state index contributed by atoms with van der Waals surface area (Å²) in [5.74, 6) is 0.823. The van der Waals surface area contributed by atoms with E-state index in [0.29, 0.717) is 11.7 Å². The van der Waals surface area contributed by atoms with Crippen molar-refractivity contribution < 1.29 is 4.74 Å². The average Bonchev–Trinajstić information content (AvgIpc) is 2.43. The van der Waals surface area contributed by atoms with E-state index in [-0.39, 0.29) is 0 Å². The largest absolute Gasteiger partial charge is 0.366 e. The van der Waals surface area contributed by atoms with Crippen LogP contribution in [0.25, 0.3) is 0 Å². The van der Waals surface area contributed by atoms with Crippen LogP contribution in [0.4, 0.5) is 0 Å². The topological polar surface area (TPSA) is 12.5 Å². The van der Waals surface area contributed by atoms with Gasteiger partial charge in [-0.1, -0.05) is 13.3 Å². The maximum absolute atomic E-state index is 5.58. The van der Waals surface area contributed by atoms with Crippen molar-refractivity contribution in [1.82, 2.24) is 0 Å². The first-order valence-electron chi connectivity index (χ1n) is 3.90. The Kier molecular flexibility index (Phi) is 0.963. The molecule has 0 amide bonds. The Hall–Kier alpha value is -0.0400. The van der Waals surface area contributed by atoms with Gasteiger partial charge in [-0.15, -0.1) is 0 Å². The van der Waals surface area contributed by atoms with Crippen LogP contribution in [0, 0.1) is 5.92 Å². The van der Waals surface area contributed by atoms with E-state index in [9.17, 15) is 0 Å². The molecule has 0 radical (unpaired) electrons. The number of rotatable bonds is 0. The van der Waals surface area contributed by atoms with Crippen molar-refractivity contribution in [2.45, 2.75) is 44.8 Å². The molecule has 9 heavy (non-hydrogen) atoms. The van der Waals surface area contributed by atoms with Gasteiger partial charge in [0, 0.05) is 0 Å². The van der Waals surface area contributed by atoms with Crippen molar-refractivity contribution in [2.75, 3.05) is 0 Å². The van der Waals surface area contributed by atoms with Crippen LogP contribution in [0.15, 0.2) is 0 Å². The summed E-state index contributed by atoms with van der Waals surface area (Å²) < 4.78 is 5.58. The summed E-state index contributed by atoms with van der Waals surface area (Å²) in [6, 6.07) is 0. The van der Waals surface area contributed by atoms with Crippen LogP contribution >= 0.6 is 0 Å². The molecule has 1 nitrogen and oxygen atoms in total. The van der Waals surface area contributed by atoms with E-state index in [0.717, 1.165) is 5.92 Å². The van der Waals surface area contributed by atoms with Gasteiger partial charge >= 0.3 is 0 Å². The van der Waals surface area contributed by atoms with E-state index >= 15 is 0 Å². The molecule has 2 rings (SSSR count). The molecule has 2 aliphatic rings. The van der Waals surface area contributed by atoms with Gasteiger partial charge in [0.05, 0.1) is 11.7 Å². The molecule has 1 aliphatic heterocycles. The second-order valence-corrected chi connectivity index (χ2v) is 3.72. The van der Waals surface area contributed by atoms with Gasteiger partial charge in [-0.05, 0) is 25.7 Å². The molecule has 0 aromatic rings. The quantitative estimate of drug-likeness (QED) is 0.452. The van der Waals surface area contributed by atoms with E-state index in [1.165, 1.54) is 19.3 Å². The highest BCUT2D eigenvalue weighted by Crippen LogP contribution is 2.49. The number of hydrogen-bond donors (Lipinski definition) is 0. The highest BCUT2D eigenvalue weighted by Gasteiger charge is 2.56. The van der Waals surface area contributed by atoms with Gasteiger partial charge in [0.1, 0.15) is 0 Å². The fourth-order valence-corrected chi connectivity index (χ4v) is 2.10. The summed E-state index contributed by atoms with van der Waals surface area (Å²) in [5.41, 5.74) is 0.317. The van der Waals surface area contributed by atoms with Gasteiger partial charge in [0.25, 0.3) is 0 Å². The number of fused-ring (bicyclic) bond motifs is 1. The molecule has 1 heterocycles. The molecule has 0 bridgehead atoms. The minimum atomic E-state index is 0.317. The molecule has 0 spiro atoms. The maximum atomic E-state index is 5.58. The Balaban J connectivity index is 2.07. The molecule has 2 fully saturated rings. The normalized spacial score (nSPS) is 56.7. The van der Waals surface area contributed by atoms with E-state index in [2.05, 4.69) is 13.8 Å². The van der Waals surface area contributed by atoms with Gasteiger partial charge < -0.3 is 4.74 Å². The molecule has 1 aliphatic carbocycles. The molecule has 1 saturated heterocycles. The van der Waals surface area contributed by atoms with Crippen molar-refractivity contribution in [3.8, 4) is 0 Å².